The molecule has 0 aromatic heterocycles. The zero-order valence-electron chi connectivity index (χ0n) is 17.8. The normalized spacial score (nSPS) is 17.4. The summed E-state index contributed by atoms with van der Waals surface area (Å²) in [7, 11) is -3.53. The number of piperazine rings is 1. The lowest BCUT2D eigenvalue weighted by molar-refractivity contribution is -0.895. The van der Waals surface area contributed by atoms with E-state index in [4.69, 9.17) is 9.47 Å². The van der Waals surface area contributed by atoms with Crippen LogP contribution in [-0.2, 0) is 14.8 Å². The third-order valence-corrected chi connectivity index (χ3v) is 7.67. The maximum atomic E-state index is 13.1. The summed E-state index contributed by atoms with van der Waals surface area (Å²) in [6.07, 6.45) is 0. The highest BCUT2D eigenvalue weighted by Crippen LogP contribution is 2.32. The number of nitrogens with one attached hydrogen (secondary N) is 2. The fourth-order valence-electron chi connectivity index (χ4n) is 3.90. The number of ether oxygens (including phenoxy) is 2. The summed E-state index contributed by atoms with van der Waals surface area (Å²) in [6.45, 7) is 6.95. The van der Waals surface area contributed by atoms with Gasteiger partial charge < -0.3 is 19.7 Å². The molecule has 8 nitrogen and oxygen atoms in total. The highest BCUT2D eigenvalue weighted by Gasteiger charge is 2.32. The maximum Gasteiger partial charge on any atom is 0.279 e. The van der Waals surface area contributed by atoms with E-state index in [9.17, 15) is 13.2 Å². The van der Waals surface area contributed by atoms with E-state index in [1.165, 1.54) is 4.31 Å². The summed E-state index contributed by atoms with van der Waals surface area (Å²) in [6, 6.07) is 10.8. The Labute approximate surface area is 182 Å². The van der Waals surface area contributed by atoms with Gasteiger partial charge in [-0.2, -0.15) is 4.31 Å². The lowest BCUT2D eigenvalue weighted by atomic mass is 10.2. The fraction of sp³-hybridized carbons (Fsp3) is 0.409. The molecular weight excluding hydrogens is 418 g/mol. The zero-order valence-corrected chi connectivity index (χ0v) is 18.6. The van der Waals surface area contributed by atoms with Crippen molar-refractivity contribution in [2.75, 3.05) is 51.3 Å². The van der Waals surface area contributed by atoms with Crippen molar-refractivity contribution in [3.05, 3.63) is 47.5 Å². The molecule has 9 heteroatoms. The van der Waals surface area contributed by atoms with Gasteiger partial charge in [-0.05, 0) is 43.2 Å². The van der Waals surface area contributed by atoms with E-state index in [1.54, 1.807) is 24.3 Å². The van der Waals surface area contributed by atoms with E-state index >= 15 is 0 Å². The molecule has 2 aliphatic rings. The SMILES string of the molecule is Cc1ccc(C)c(S(=O)(=O)N2CC[NH+](CC(=O)Nc3ccc4c(c3)OCCO4)CC2)c1. The summed E-state index contributed by atoms with van der Waals surface area (Å²) in [5.74, 6) is 1.19. The molecule has 2 aromatic rings. The summed E-state index contributed by atoms with van der Waals surface area (Å²) < 4.78 is 38.7. The van der Waals surface area contributed by atoms with Crippen molar-refractivity contribution in [2.24, 2.45) is 0 Å². The molecule has 0 unspecified atom stereocenters. The van der Waals surface area contributed by atoms with Gasteiger partial charge in [-0.3, -0.25) is 4.79 Å². The summed E-state index contributed by atoms with van der Waals surface area (Å²) >= 11 is 0. The Morgan fingerprint density at radius 3 is 2.48 bits per heavy atom. The molecule has 31 heavy (non-hydrogen) atoms. The minimum atomic E-state index is -3.53. The summed E-state index contributed by atoms with van der Waals surface area (Å²) in [5, 5.41) is 2.89. The van der Waals surface area contributed by atoms with Gasteiger partial charge in [0.25, 0.3) is 5.91 Å². The van der Waals surface area contributed by atoms with Crippen LogP contribution in [0.1, 0.15) is 11.1 Å². The van der Waals surface area contributed by atoms with Gasteiger partial charge >= 0.3 is 0 Å². The van der Waals surface area contributed by atoms with Crippen LogP contribution in [0.4, 0.5) is 5.69 Å². The average molecular weight is 447 g/mol. The van der Waals surface area contributed by atoms with E-state index in [-0.39, 0.29) is 12.5 Å². The average Bonchev–Trinajstić information content (AvgIpc) is 2.75. The van der Waals surface area contributed by atoms with Crippen LogP contribution in [0.15, 0.2) is 41.3 Å². The Hall–Kier alpha value is -2.62. The molecule has 2 heterocycles. The van der Waals surface area contributed by atoms with E-state index in [0.29, 0.717) is 61.5 Å². The molecule has 0 radical (unpaired) electrons. The lowest BCUT2D eigenvalue weighted by Gasteiger charge is -2.31. The first-order chi connectivity index (χ1) is 14.8. The lowest BCUT2D eigenvalue weighted by Crippen LogP contribution is -3.15. The molecular formula is C22H28N3O5S+. The number of hydrogen-bond donors (Lipinski definition) is 2. The van der Waals surface area contributed by atoms with Crippen LogP contribution in [0, 0.1) is 13.8 Å². The number of rotatable bonds is 5. The Balaban J connectivity index is 1.33. The first-order valence-electron chi connectivity index (χ1n) is 10.4. The van der Waals surface area contributed by atoms with Crippen molar-refractivity contribution in [1.82, 2.24) is 4.31 Å². The van der Waals surface area contributed by atoms with Crippen LogP contribution in [0.2, 0.25) is 0 Å². The number of amides is 1. The van der Waals surface area contributed by atoms with Crippen LogP contribution >= 0.6 is 0 Å². The van der Waals surface area contributed by atoms with Crippen molar-refractivity contribution in [1.29, 1.82) is 0 Å². The second-order valence-electron chi connectivity index (χ2n) is 8.01. The smallest absolute Gasteiger partial charge is 0.279 e. The number of sulfonamides is 1. The maximum absolute atomic E-state index is 13.1. The van der Waals surface area contributed by atoms with Crippen LogP contribution in [0.5, 0.6) is 11.5 Å². The molecule has 0 saturated carbocycles. The molecule has 166 valence electrons. The van der Waals surface area contributed by atoms with E-state index in [1.807, 2.05) is 26.0 Å². The fourth-order valence-corrected chi connectivity index (χ4v) is 5.65. The molecule has 0 bridgehead atoms. The number of nitrogens with zero attached hydrogens (tertiary/aromatic N) is 1. The van der Waals surface area contributed by atoms with Crippen molar-refractivity contribution in [3.8, 4) is 11.5 Å². The third-order valence-electron chi connectivity index (χ3n) is 5.63. The molecule has 2 aromatic carbocycles. The molecule has 1 saturated heterocycles. The summed E-state index contributed by atoms with van der Waals surface area (Å²) in [4.78, 5) is 13.9. The summed E-state index contributed by atoms with van der Waals surface area (Å²) in [5.41, 5.74) is 2.33. The van der Waals surface area contributed by atoms with Gasteiger partial charge in [0.2, 0.25) is 10.0 Å². The van der Waals surface area contributed by atoms with Crippen LogP contribution in [0.25, 0.3) is 0 Å². The van der Waals surface area contributed by atoms with Crippen molar-refractivity contribution in [2.45, 2.75) is 18.7 Å². The number of benzene rings is 2. The molecule has 0 spiro atoms. The van der Waals surface area contributed by atoms with Crippen molar-refractivity contribution >= 4 is 21.6 Å². The van der Waals surface area contributed by atoms with E-state index in [2.05, 4.69) is 5.32 Å². The van der Waals surface area contributed by atoms with Crippen LogP contribution in [-0.4, -0.2) is 64.6 Å². The highest BCUT2D eigenvalue weighted by molar-refractivity contribution is 7.89. The first kappa shape index (κ1) is 21.6. The van der Waals surface area contributed by atoms with Crippen molar-refractivity contribution in [3.63, 3.8) is 0 Å². The topological polar surface area (TPSA) is 89.4 Å². The molecule has 1 amide bonds. The van der Waals surface area contributed by atoms with Gasteiger partial charge in [-0.1, -0.05) is 12.1 Å². The number of carbonyl (C=O) groups is 1. The largest absolute Gasteiger partial charge is 0.486 e. The van der Waals surface area contributed by atoms with Gasteiger partial charge in [-0.15, -0.1) is 0 Å². The van der Waals surface area contributed by atoms with Gasteiger partial charge in [0, 0.05) is 11.8 Å². The molecule has 1 fully saturated rings. The second kappa shape index (κ2) is 8.86. The monoisotopic (exact) mass is 446 g/mol. The quantitative estimate of drug-likeness (QED) is 0.702. The standard InChI is InChI=1S/C22H27N3O5S/c1-16-3-4-17(2)21(13-16)31(27,28)25-9-7-24(8-10-25)15-22(26)23-18-5-6-19-20(14-18)30-12-11-29-19/h3-6,13-14H,7-12,15H2,1-2H3,(H,23,26)/p+1. The Morgan fingerprint density at radius 1 is 1.03 bits per heavy atom. The van der Waals surface area contributed by atoms with Gasteiger partial charge in [0.1, 0.15) is 13.2 Å². The molecule has 2 N–H and O–H groups in total. The Bertz CT molecular complexity index is 1080. The third kappa shape index (κ3) is 4.84. The number of anilines is 1. The number of quaternary nitrogens is 1. The minimum Gasteiger partial charge on any atom is -0.486 e. The molecule has 4 rings (SSSR count). The molecule has 2 aliphatic heterocycles. The number of carbonyl (C=O) groups excluding carboxylic acids is 1. The van der Waals surface area contributed by atoms with Crippen LogP contribution in [0.3, 0.4) is 0 Å². The second-order valence-corrected chi connectivity index (χ2v) is 9.91. The van der Waals surface area contributed by atoms with E-state index in [0.717, 1.165) is 16.0 Å². The minimum absolute atomic E-state index is 0.113. The van der Waals surface area contributed by atoms with E-state index < -0.39 is 10.0 Å². The van der Waals surface area contributed by atoms with Crippen LogP contribution < -0.4 is 19.7 Å². The van der Waals surface area contributed by atoms with Crippen molar-refractivity contribution < 1.29 is 27.6 Å². The first-order valence-corrected chi connectivity index (χ1v) is 11.9. The van der Waals surface area contributed by atoms with Gasteiger partial charge in [0.15, 0.2) is 18.0 Å². The number of hydrogen-bond acceptors (Lipinski definition) is 5. The zero-order chi connectivity index (χ0) is 22.0. The van der Waals surface area contributed by atoms with Gasteiger partial charge in [0.05, 0.1) is 31.1 Å². The predicted octanol–water partition coefficient (Wildman–Crippen LogP) is 0.603. The Kier molecular flexibility index (Phi) is 6.17. The molecule has 0 atom stereocenters. The number of fused-ring (bicyclic) bond motifs is 1. The molecule has 0 aliphatic carbocycles. The Morgan fingerprint density at radius 2 is 1.74 bits per heavy atom. The predicted molar refractivity (Wildman–Crippen MR) is 116 cm³/mol. The van der Waals surface area contributed by atoms with Gasteiger partial charge in [-0.25, -0.2) is 8.42 Å². The number of aryl methyl sites for hydroxylation is 2. The highest BCUT2D eigenvalue weighted by atomic mass is 32.2.